The van der Waals surface area contributed by atoms with Gasteiger partial charge in [0.05, 0.1) is 11.9 Å². The van der Waals surface area contributed by atoms with Crippen molar-refractivity contribution in [3.8, 4) is 11.3 Å². The average molecular weight is 230 g/mol. The normalized spacial score (nSPS) is 10.8. The van der Waals surface area contributed by atoms with Gasteiger partial charge in [0.2, 0.25) is 5.65 Å². The average Bonchev–Trinajstić information content (AvgIpc) is 2.96. The number of hydrogen-bond donors (Lipinski definition) is 3. The molecule has 0 atom stereocenters. The molecule has 3 aromatic rings. The van der Waals surface area contributed by atoms with Crippen LogP contribution in [0, 0.1) is 0 Å². The van der Waals surface area contributed by atoms with Crippen molar-refractivity contribution in [2.45, 2.75) is 0 Å². The molecule has 0 aliphatic carbocycles. The lowest BCUT2D eigenvalue weighted by Crippen LogP contribution is -1.97. The van der Waals surface area contributed by atoms with Gasteiger partial charge in [0, 0.05) is 11.8 Å². The van der Waals surface area contributed by atoms with Gasteiger partial charge in [-0.05, 0) is 6.07 Å². The van der Waals surface area contributed by atoms with Crippen molar-refractivity contribution >= 4 is 17.1 Å². The molecule has 0 saturated carbocycles. The van der Waals surface area contributed by atoms with E-state index >= 15 is 0 Å². The largest absolute Gasteiger partial charge is 0.478 e. The second kappa shape index (κ2) is 3.37. The lowest BCUT2D eigenvalue weighted by atomic mass is 10.1. The maximum Gasteiger partial charge on any atom is 0.339 e. The Bertz CT molecular complexity index is 700. The minimum Gasteiger partial charge on any atom is -0.478 e. The predicted molar refractivity (Wildman–Crippen MR) is 56.2 cm³/mol. The fourth-order valence-corrected chi connectivity index (χ4v) is 1.55. The van der Waals surface area contributed by atoms with Crippen LogP contribution >= 0.6 is 0 Å². The molecule has 8 heteroatoms. The van der Waals surface area contributed by atoms with E-state index in [4.69, 9.17) is 5.11 Å². The summed E-state index contributed by atoms with van der Waals surface area (Å²) < 4.78 is 0. The molecule has 0 fully saturated rings. The topological polar surface area (TPSA) is 120 Å². The molecule has 84 valence electrons. The molecular weight excluding hydrogens is 224 g/mol. The molecule has 0 spiro atoms. The molecule has 0 radical (unpaired) electrons. The third-order valence-electron chi connectivity index (χ3n) is 2.33. The molecule has 3 aromatic heterocycles. The molecule has 17 heavy (non-hydrogen) atoms. The first kappa shape index (κ1) is 9.46. The van der Waals surface area contributed by atoms with Crippen LogP contribution in [-0.4, -0.2) is 41.7 Å². The van der Waals surface area contributed by atoms with Gasteiger partial charge < -0.3 is 5.11 Å². The molecule has 0 bridgehead atoms. The summed E-state index contributed by atoms with van der Waals surface area (Å²) in [5.74, 6) is -1.05. The standard InChI is InChI=1S/C9H6N6O2/c16-9(17)5-3-11-13-7(5)4-1-6-8(10-2-4)14-15-12-6/h1-3H,(H,11,13)(H,16,17)(H,10,12,14,15). The fraction of sp³-hybridized carbons (Fsp3) is 0. The molecule has 0 unspecified atom stereocenters. The quantitative estimate of drug-likeness (QED) is 0.587. The number of rotatable bonds is 2. The first-order valence-corrected chi connectivity index (χ1v) is 4.69. The first-order valence-electron chi connectivity index (χ1n) is 4.69. The van der Waals surface area contributed by atoms with E-state index in [-0.39, 0.29) is 5.56 Å². The Morgan fingerprint density at radius 2 is 2.18 bits per heavy atom. The van der Waals surface area contributed by atoms with Gasteiger partial charge in [-0.25, -0.2) is 9.78 Å². The van der Waals surface area contributed by atoms with Crippen LogP contribution in [0.4, 0.5) is 0 Å². The number of pyridine rings is 1. The van der Waals surface area contributed by atoms with Crippen LogP contribution in [0.25, 0.3) is 22.4 Å². The van der Waals surface area contributed by atoms with E-state index in [1.54, 1.807) is 6.07 Å². The maximum absolute atomic E-state index is 11.0. The first-order chi connectivity index (χ1) is 8.25. The van der Waals surface area contributed by atoms with Gasteiger partial charge in [-0.2, -0.15) is 15.4 Å². The van der Waals surface area contributed by atoms with Crippen molar-refractivity contribution in [2.24, 2.45) is 0 Å². The van der Waals surface area contributed by atoms with Crippen LogP contribution in [0.2, 0.25) is 0 Å². The third-order valence-corrected chi connectivity index (χ3v) is 2.33. The summed E-state index contributed by atoms with van der Waals surface area (Å²) in [6, 6.07) is 1.69. The van der Waals surface area contributed by atoms with Crippen LogP contribution < -0.4 is 0 Å². The number of carboxylic acid groups (broad SMARTS) is 1. The minimum absolute atomic E-state index is 0.0923. The van der Waals surface area contributed by atoms with Gasteiger partial charge in [-0.3, -0.25) is 5.10 Å². The molecule has 3 N–H and O–H groups in total. The number of nitrogens with zero attached hydrogens (tertiary/aromatic N) is 4. The predicted octanol–water partition coefficient (Wildman–Crippen LogP) is 0.441. The molecule has 0 aliphatic heterocycles. The van der Waals surface area contributed by atoms with Crippen molar-refractivity contribution < 1.29 is 9.90 Å². The highest BCUT2D eigenvalue weighted by molar-refractivity contribution is 5.95. The van der Waals surface area contributed by atoms with E-state index in [0.29, 0.717) is 22.4 Å². The summed E-state index contributed by atoms with van der Waals surface area (Å²) in [5.41, 5.74) is 2.13. The second-order valence-corrected chi connectivity index (χ2v) is 3.35. The molecule has 3 rings (SSSR count). The van der Waals surface area contributed by atoms with E-state index in [2.05, 4.69) is 30.6 Å². The van der Waals surface area contributed by atoms with E-state index in [1.807, 2.05) is 0 Å². The van der Waals surface area contributed by atoms with E-state index < -0.39 is 5.97 Å². The summed E-state index contributed by atoms with van der Waals surface area (Å²) in [7, 11) is 0. The van der Waals surface area contributed by atoms with Crippen molar-refractivity contribution in [1.29, 1.82) is 0 Å². The summed E-state index contributed by atoms with van der Waals surface area (Å²) >= 11 is 0. The number of carboxylic acids is 1. The number of aromatic nitrogens is 6. The number of aromatic amines is 2. The van der Waals surface area contributed by atoms with Crippen molar-refractivity contribution in [3.63, 3.8) is 0 Å². The molecule has 0 amide bonds. The number of hydrogen-bond acceptors (Lipinski definition) is 5. The minimum atomic E-state index is -1.05. The highest BCUT2D eigenvalue weighted by Crippen LogP contribution is 2.22. The van der Waals surface area contributed by atoms with Crippen molar-refractivity contribution in [2.75, 3.05) is 0 Å². The summed E-state index contributed by atoms with van der Waals surface area (Å²) in [5, 5.41) is 25.5. The molecule has 0 aromatic carbocycles. The zero-order valence-electron chi connectivity index (χ0n) is 8.38. The summed E-state index contributed by atoms with van der Waals surface area (Å²) in [4.78, 5) is 15.0. The molecule has 3 heterocycles. The maximum atomic E-state index is 11.0. The number of H-pyrrole nitrogens is 2. The van der Waals surface area contributed by atoms with E-state index in [1.165, 1.54) is 12.4 Å². The summed E-state index contributed by atoms with van der Waals surface area (Å²) in [6.07, 6.45) is 2.77. The van der Waals surface area contributed by atoms with Crippen LogP contribution in [0.15, 0.2) is 18.5 Å². The summed E-state index contributed by atoms with van der Waals surface area (Å²) in [6.45, 7) is 0. The Labute approximate surface area is 93.7 Å². The van der Waals surface area contributed by atoms with Gasteiger partial charge in [0.1, 0.15) is 11.1 Å². The monoisotopic (exact) mass is 230 g/mol. The van der Waals surface area contributed by atoms with Crippen LogP contribution in [0.5, 0.6) is 0 Å². The SMILES string of the molecule is O=C(O)c1cn[nH]c1-c1cnc2n[nH]nc2c1. The Morgan fingerprint density at radius 1 is 1.29 bits per heavy atom. The van der Waals surface area contributed by atoms with Gasteiger partial charge >= 0.3 is 5.97 Å². The van der Waals surface area contributed by atoms with Crippen molar-refractivity contribution in [3.05, 3.63) is 24.0 Å². The van der Waals surface area contributed by atoms with E-state index in [0.717, 1.165) is 0 Å². The second-order valence-electron chi connectivity index (χ2n) is 3.35. The van der Waals surface area contributed by atoms with Gasteiger partial charge in [-0.15, -0.1) is 5.10 Å². The zero-order valence-corrected chi connectivity index (χ0v) is 8.38. The smallest absolute Gasteiger partial charge is 0.339 e. The number of carbonyl (C=O) groups is 1. The lowest BCUT2D eigenvalue weighted by molar-refractivity contribution is 0.0698. The Balaban J connectivity index is 2.19. The van der Waals surface area contributed by atoms with Gasteiger partial charge in [0.25, 0.3) is 0 Å². The number of aromatic carboxylic acids is 1. The molecule has 0 saturated heterocycles. The highest BCUT2D eigenvalue weighted by atomic mass is 16.4. The van der Waals surface area contributed by atoms with Crippen LogP contribution in [0.1, 0.15) is 10.4 Å². The van der Waals surface area contributed by atoms with Crippen LogP contribution in [-0.2, 0) is 0 Å². The lowest BCUT2D eigenvalue weighted by Gasteiger charge is -1.98. The van der Waals surface area contributed by atoms with Crippen molar-refractivity contribution in [1.82, 2.24) is 30.6 Å². The van der Waals surface area contributed by atoms with Crippen LogP contribution in [0.3, 0.4) is 0 Å². The zero-order chi connectivity index (χ0) is 11.8. The molecule has 0 aliphatic rings. The molecular formula is C9H6N6O2. The Kier molecular flexibility index (Phi) is 1.87. The number of fused-ring (bicyclic) bond motifs is 1. The number of nitrogens with one attached hydrogen (secondary N) is 2. The Morgan fingerprint density at radius 3 is 3.00 bits per heavy atom. The fourth-order valence-electron chi connectivity index (χ4n) is 1.55. The molecule has 8 nitrogen and oxygen atoms in total. The van der Waals surface area contributed by atoms with Gasteiger partial charge in [0.15, 0.2) is 0 Å². The Hall–Kier alpha value is -2.77. The van der Waals surface area contributed by atoms with E-state index in [9.17, 15) is 4.79 Å². The van der Waals surface area contributed by atoms with Gasteiger partial charge in [-0.1, -0.05) is 0 Å². The highest BCUT2D eigenvalue weighted by Gasteiger charge is 2.15. The third kappa shape index (κ3) is 1.42.